The lowest BCUT2D eigenvalue weighted by Crippen LogP contribution is -2.31. The summed E-state index contributed by atoms with van der Waals surface area (Å²) in [5, 5.41) is 17.1. The van der Waals surface area contributed by atoms with E-state index >= 15 is 0 Å². The van der Waals surface area contributed by atoms with Crippen molar-refractivity contribution < 1.29 is 28.7 Å². The number of aromatic nitrogens is 1. The average Bonchev–Trinajstić information content (AvgIpc) is 3.13. The van der Waals surface area contributed by atoms with E-state index in [-0.39, 0.29) is 18.7 Å². The fourth-order valence-electron chi connectivity index (χ4n) is 3.70. The highest BCUT2D eigenvalue weighted by Crippen LogP contribution is 2.32. The van der Waals surface area contributed by atoms with E-state index in [9.17, 15) is 14.7 Å². The summed E-state index contributed by atoms with van der Waals surface area (Å²) in [6, 6.07) is 8.29. The third-order valence-corrected chi connectivity index (χ3v) is 5.08. The Morgan fingerprint density at radius 2 is 1.97 bits per heavy atom. The van der Waals surface area contributed by atoms with Gasteiger partial charge in [-0.15, -0.1) is 0 Å². The SMILES string of the molecule is CCCOc1ccc(C(CC(=O)O)NC(=O)Cc2noc3cc(C)cc(C)c23)cc1OC. The highest BCUT2D eigenvalue weighted by atomic mass is 16.5. The second kappa shape index (κ2) is 10.2. The van der Waals surface area contributed by atoms with Crippen molar-refractivity contribution in [2.45, 2.75) is 46.1 Å². The molecule has 32 heavy (non-hydrogen) atoms. The Morgan fingerprint density at radius 3 is 2.66 bits per heavy atom. The molecule has 1 atom stereocenters. The molecule has 0 aliphatic carbocycles. The molecule has 1 unspecified atom stereocenters. The van der Waals surface area contributed by atoms with Gasteiger partial charge in [0, 0.05) is 5.39 Å². The number of nitrogens with one attached hydrogen (secondary N) is 1. The summed E-state index contributed by atoms with van der Waals surface area (Å²) in [5.74, 6) is -0.331. The van der Waals surface area contributed by atoms with Gasteiger partial charge in [-0.25, -0.2) is 0 Å². The molecule has 1 aromatic heterocycles. The molecule has 3 aromatic rings. The first-order valence-electron chi connectivity index (χ1n) is 10.5. The van der Waals surface area contributed by atoms with Gasteiger partial charge in [0.1, 0.15) is 5.69 Å². The zero-order valence-corrected chi connectivity index (χ0v) is 18.7. The lowest BCUT2D eigenvalue weighted by molar-refractivity contribution is -0.137. The molecule has 8 nitrogen and oxygen atoms in total. The molecule has 0 aliphatic heterocycles. The Kier molecular flexibility index (Phi) is 7.35. The number of aliphatic carboxylic acids is 1. The zero-order valence-electron chi connectivity index (χ0n) is 18.7. The number of methoxy groups -OCH3 is 1. The maximum absolute atomic E-state index is 12.8. The van der Waals surface area contributed by atoms with E-state index in [0.717, 1.165) is 22.9 Å². The van der Waals surface area contributed by atoms with Crippen LogP contribution >= 0.6 is 0 Å². The smallest absolute Gasteiger partial charge is 0.305 e. The van der Waals surface area contributed by atoms with Crippen molar-refractivity contribution >= 4 is 22.8 Å². The van der Waals surface area contributed by atoms with Crippen LogP contribution in [-0.4, -0.2) is 35.9 Å². The summed E-state index contributed by atoms with van der Waals surface area (Å²) < 4.78 is 16.4. The van der Waals surface area contributed by atoms with Crippen LogP contribution in [0.2, 0.25) is 0 Å². The van der Waals surface area contributed by atoms with Crippen LogP contribution in [0.4, 0.5) is 0 Å². The van der Waals surface area contributed by atoms with Crippen LogP contribution in [-0.2, 0) is 16.0 Å². The summed E-state index contributed by atoms with van der Waals surface area (Å²) >= 11 is 0. The minimum absolute atomic E-state index is 0.0259. The number of hydrogen-bond acceptors (Lipinski definition) is 6. The largest absolute Gasteiger partial charge is 0.493 e. The fraction of sp³-hybridized carbons (Fsp3) is 0.375. The number of carbonyl (C=O) groups excluding carboxylic acids is 1. The highest BCUT2D eigenvalue weighted by molar-refractivity contribution is 5.89. The molecule has 0 radical (unpaired) electrons. The number of hydrogen-bond donors (Lipinski definition) is 2. The van der Waals surface area contributed by atoms with Crippen LogP contribution < -0.4 is 14.8 Å². The second-order valence-electron chi connectivity index (χ2n) is 7.74. The maximum atomic E-state index is 12.8. The first-order chi connectivity index (χ1) is 15.3. The first-order valence-corrected chi connectivity index (χ1v) is 10.5. The van der Waals surface area contributed by atoms with Crippen LogP contribution in [0.15, 0.2) is 34.9 Å². The molecule has 3 rings (SSSR count). The number of ether oxygens (including phenoxy) is 2. The van der Waals surface area contributed by atoms with Gasteiger partial charge in [0.15, 0.2) is 17.1 Å². The Balaban J connectivity index is 1.82. The maximum Gasteiger partial charge on any atom is 0.305 e. The van der Waals surface area contributed by atoms with Crippen LogP contribution in [0.3, 0.4) is 0 Å². The van der Waals surface area contributed by atoms with Gasteiger partial charge >= 0.3 is 5.97 Å². The standard InChI is InChI=1S/C24H28N2O6/c1-5-8-31-19-7-6-16(11-20(19)30-4)17(13-23(28)29)25-22(27)12-18-24-15(3)9-14(2)10-21(24)32-26-18/h6-7,9-11,17H,5,8,12-13H2,1-4H3,(H,25,27)(H,28,29). The third kappa shape index (κ3) is 5.38. The average molecular weight is 440 g/mol. The molecule has 1 heterocycles. The Morgan fingerprint density at radius 1 is 1.19 bits per heavy atom. The van der Waals surface area contributed by atoms with Gasteiger partial charge in [-0.3, -0.25) is 9.59 Å². The molecule has 0 saturated carbocycles. The van der Waals surface area contributed by atoms with E-state index in [1.54, 1.807) is 18.2 Å². The molecule has 0 saturated heterocycles. The molecule has 170 valence electrons. The topological polar surface area (TPSA) is 111 Å². The molecule has 2 aromatic carbocycles. The predicted octanol–water partition coefficient (Wildman–Crippen LogP) is 4.12. The van der Waals surface area contributed by atoms with Gasteiger partial charge in [0.25, 0.3) is 0 Å². The van der Waals surface area contributed by atoms with Gasteiger partial charge in [-0.1, -0.05) is 24.2 Å². The van der Waals surface area contributed by atoms with E-state index in [4.69, 9.17) is 14.0 Å². The zero-order chi connectivity index (χ0) is 23.3. The van der Waals surface area contributed by atoms with Crippen molar-refractivity contribution in [3.8, 4) is 11.5 Å². The van der Waals surface area contributed by atoms with Crippen LogP contribution in [0.25, 0.3) is 11.0 Å². The quantitative estimate of drug-likeness (QED) is 0.488. The second-order valence-corrected chi connectivity index (χ2v) is 7.74. The molecule has 0 spiro atoms. The molecule has 1 amide bonds. The Bertz CT molecular complexity index is 1120. The van der Waals surface area contributed by atoms with Crippen molar-refractivity contribution in [3.63, 3.8) is 0 Å². The number of amides is 1. The molecule has 8 heteroatoms. The molecular weight excluding hydrogens is 412 g/mol. The normalized spacial score (nSPS) is 11.9. The van der Waals surface area contributed by atoms with Crippen molar-refractivity contribution in [1.29, 1.82) is 0 Å². The Labute approximate surface area is 186 Å². The van der Waals surface area contributed by atoms with Crippen LogP contribution in [0.1, 0.15) is 48.2 Å². The molecule has 0 aliphatic rings. The summed E-state index contributed by atoms with van der Waals surface area (Å²) in [7, 11) is 1.52. The summed E-state index contributed by atoms with van der Waals surface area (Å²) in [5.41, 5.74) is 3.77. The fourth-order valence-corrected chi connectivity index (χ4v) is 3.70. The molecule has 0 fully saturated rings. The van der Waals surface area contributed by atoms with Gasteiger partial charge < -0.3 is 24.4 Å². The van der Waals surface area contributed by atoms with Gasteiger partial charge in [-0.05, 0) is 55.2 Å². The van der Waals surface area contributed by atoms with E-state index in [0.29, 0.717) is 34.9 Å². The first kappa shape index (κ1) is 23.1. The monoisotopic (exact) mass is 440 g/mol. The summed E-state index contributed by atoms with van der Waals surface area (Å²) in [4.78, 5) is 24.3. The number of nitrogens with zero attached hydrogens (tertiary/aromatic N) is 1. The number of carboxylic acid groups (broad SMARTS) is 1. The minimum Gasteiger partial charge on any atom is -0.493 e. The number of fused-ring (bicyclic) bond motifs is 1. The molecular formula is C24H28N2O6. The van der Waals surface area contributed by atoms with Crippen LogP contribution in [0.5, 0.6) is 11.5 Å². The molecule has 2 N–H and O–H groups in total. The molecule has 0 bridgehead atoms. The minimum atomic E-state index is -1.03. The number of carbonyl (C=O) groups is 2. The predicted molar refractivity (Wildman–Crippen MR) is 119 cm³/mol. The van der Waals surface area contributed by atoms with Crippen LogP contribution in [0, 0.1) is 13.8 Å². The Hall–Kier alpha value is -3.55. The highest BCUT2D eigenvalue weighted by Gasteiger charge is 2.22. The number of carboxylic acids is 1. The number of rotatable bonds is 10. The van der Waals surface area contributed by atoms with E-state index in [2.05, 4.69) is 10.5 Å². The summed E-state index contributed by atoms with van der Waals surface area (Å²) in [6.07, 6.45) is 0.544. The third-order valence-electron chi connectivity index (χ3n) is 5.08. The van der Waals surface area contributed by atoms with Gasteiger partial charge in [-0.2, -0.15) is 0 Å². The van der Waals surface area contributed by atoms with Crippen molar-refractivity contribution in [3.05, 3.63) is 52.7 Å². The number of aryl methyl sites for hydroxylation is 2. The lowest BCUT2D eigenvalue weighted by atomic mass is 10.0. The van der Waals surface area contributed by atoms with Gasteiger partial charge in [0.05, 0.1) is 32.6 Å². The number of benzene rings is 2. The van der Waals surface area contributed by atoms with Crippen molar-refractivity contribution in [2.24, 2.45) is 0 Å². The van der Waals surface area contributed by atoms with Gasteiger partial charge in [0.2, 0.25) is 5.91 Å². The lowest BCUT2D eigenvalue weighted by Gasteiger charge is -2.19. The van der Waals surface area contributed by atoms with E-state index in [1.165, 1.54) is 7.11 Å². The van der Waals surface area contributed by atoms with E-state index in [1.807, 2.05) is 32.9 Å². The van der Waals surface area contributed by atoms with Crippen molar-refractivity contribution in [1.82, 2.24) is 10.5 Å². The van der Waals surface area contributed by atoms with E-state index < -0.39 is 12.0 Å². The summed E-state index contributed by atoms with van der Waals surface area (Å²) in [6.45, 7) is 6.44. The van der Waals surface area contributed by atoms with Crippen molar-refractivity contribution in [2.75, 3.05) is 13.7 Å².